The van der Waals surface area contributed by atoms with Gasteiger partial charge in [-0.25, -0.2) is 14.8 Å². The van der Waals surface area contributed by atoms with Crippen LogP contribution in [0.4, 0.5) is 0 Å². The molecular weight excluding hydrogens is 725 g/mol. The van der Waals surface area contributed by atoms with Gasteiger partial charge >= 0.3 is 5.97 Å². The standard InChI is InChI=1S/C53H62N4O2/c1-28-41(50(5,6)7)35-26-37-43(52(11,12)13)30(3)47(56-37)40(33-22-24-34(25-23-33)49(58)59)48-31(4)44(53(14,15)16)38(57-48)27-36-42(51(8,9)10)29(2)46(55-36)39(45(28)54-35)32-20-18-17-19-21-32/h17-27,54,57H,1-16H3,(H,58,59). The maximum Gasteiger partial charge on any atom is 0.335 e. The largest absolute Gasteiger partial charge is 0.478 e. The van der Waals surface area contributed by atoms with Crippen molar-refractivity contribution in [2.24, 2.45) is 10.8 Å². The highest BCUT2D eigenvalue weighted by Gasteiger charge is 2.34. The van der Waals surface area contributed by atoms with E-state index in [1.165, 1.54) is 33.4 Å². The molecule has 0 fully saturated rings. The first-order valence-electron chi connectivity index (χ1n) is 21.0. The summed E-state index contributed by atoms with van der Waals surface area (Å²) >= 11 is 0. The van der Waals surface area contributed by atoms with E-state index < -0.39 is 5.97 Å². The van der Waals surface area contributed by atoms with Crippen LogP contribution in [-0.2, 0) is 10.8 Å². The van der Waals surface area contributed by atoms with Crippen LogP contribution in [0.2, 0.25) is 0 Å². The van der Waals surface area contributed by atoms with Crippen LogP contribution in [0.1, 0.15) is 152 Å². The molecule has 2 aliphatic rings. The minimum absolute atomic E-state index is 0.199. The summed E-state index contributed by atoms with van der Waals surface area (Å²) in [6, 6.07) is 22.5. The number of benzene rings is 2. The molecule has 6 nitrogen and oxygen atoms in total. The fraction of sp³-hybridized carbons (Fsp3) is 0.377. The normalized spacial score (nSPS) is 14.1. The quantitative estimate of drug-likeness (QED) is 0.170. The first-order chi connectivity index (χ1) is 27.3. The number of hydrogen-bond acceptors (Lipinski definition) is 3. The summed E-state index contributed by atoms with van der Waals surface area (Å²) in [4.78, 5) is 31.4. The van der Waals surface area contributed by atoms with Crippen molar-refractivity contribution >= 4 is 50.3 Å². The Morgan fingerprint density at radius 1 is 0.525 bits per heavy atom. The molecule has 6 heteroatoms. The summed E-state index contributed by atoms with van der Waals surface area (Å²) in [5.74, 6) is -0.952. The van der Waals surface area contributed by atoms with Crippen LogP contribution in [0.25, 0.3) is 66.6 Å². The number of rotatable bonds is 3. The van der Waals surface area contributed by atoms with Crippen molar-refractivity contribution in [1.29, 1.82) is 0 Å². The number of fused-ring (bicyclic) bond motifs is 8. The molecule has 2 aromatic carbocycles. The predicted octanol–water partition coefficient (Wildman–Crippen LogP) is 14.5. The van der Waals surface area contributed by atoms with Gasteiger partial charge in [0.15, 0.2) is 0 Å². The minimum Gasteiger partial charge on any atom is -0.478 e. The number of aromatic carboxylic acids is 1. The van der Waals surface area contributed by atoms with Gasteiger partial charge in [-0.2, -0.15) is 0 Å². The number of aryl methyl sites for hydroxylation is 2. The Morgan fingerprint density at radius 3 is 1.24 bits per heavy atom. The molecule has 5 aromatic rings. The number of allylic oxidation sites excluding steroid dienone is 4. The van der Waals surface area contributed by atoms with Crippen LogP contribution in [-0.4, -0.2) is 31.0 Å². The average Bonchev–Trinajstić information content (AvgIpc) is 3.82. The second-order valence-electron chi connectivity index (χ2n) is 20.8. The lowest BCUT2D eigenvalue weighted by molar-refractivity contribution is 0.0697. The van der Waals surface area contributed by atoms with Gasteiger partial charge in [0.05, 0.1) is 39.4 Å². The molecular formula is C53H62N4O2. The third-order valence-corrected chi connectivity index (χ3v) is 12.0. The van der Waals surface area contributed by atoms with Crippen LogP contribution in [0.5, 0.6) is 0 Å². The molecule has 0 saturated heterocycles. The third-order valence-electron chi connectivity index (χ3n) is 12.0. The Bertz CT molecular complexity index is 2780. The summed E-state index contributed by atoms with van der Waals surface area (Å²) in [5, 5.41) is 9.90. The van der Waals surface area contributed by atoms with Crippen LogP contribution in [0.3, 0.4) is 0 Å². The maximum absolute atomic E-state index is 12.1. The third kappa shape index (κ3) is 7.19. The lowest BCUT2D eigenvalue weighted by Gasteiger charge is -2.22. The molecule has 3 aromatic heterocycles. The van der Waals surface area contributed by atoms with Crippen molar-refractivity contribution in [3.63, 3.8) is 0 Å². The van der Waals surface area contributed by atoms with Crippen molar-refractivity contribution in [2.75, 3.05) is 0 Å². The number of aromatic amines is 2. The zero-order valence-corrected chi connectivity index (χ0v) is 38.1. The molecule has 8 bridgehead atoms. The molecule has 7 rings (SSSR count). The fourth-order valence-electron chi connectivity index (χ4n) is 10.1. The fourth-order valence-corrected chi connectivity index (χ4v) is 10.1. The van der Waals surface area contributed by atoms with E-state index in [0.717, 1.165) is 78.2 Å². The molecule has 5 heterocycles. The number of carboxylic acids is 1. The number of nitrogens with zero attached hydrogens (tertiary/aromatic N) is 2. The van der Waals surface area contributed by atoms with E-state index in [1.807, 2.05) is 12.1 Å². The lowest BCUT2D eigenvalue weighted by atomic mass is 9.80. The zero-order chi connectivity index (χ0) is 43.3. The van der Waals surface area contributed by atoms with Crippen LogP contribution >= 0.6 is 0 Å². The van der Waals surface area contributed by atoms with Crippen molar-refractivity contribution in [1.82, 2.24) is 19.9 Å². The van der Waals surface area contributed by atoms with Gasteiger partial charge in [-0.1, -0.05) is 126 Å². The number of aromatic nitrogens is 4. The summed E-state index contributed by atoms with van der Waals surface area (Å²) in [6.45, 7) is 36.2. The van der Waals surface area contributed by atoms with E-state index in [-0.39, 0.29) is 27.2 Å². The monoisotopic (exact) mass is 786 g/mol. The topological polar surface area (TPSA) is 94.7 Å². The molecule has 0 amide bonds. The van der Waals surface area contributed by atoms with Gasteiger partial charge in [0.1, 0.15) is 0 Å². The Hall–Kier alpha value is -5.49. The lowest BCUT2D eigenvalue weighted by Crippen LogP contribution is -2.12. The minimum atomic E-state index is -0.952. The Morgan fingerprint density at radius 2 is 0.898 bits per heavy atom. The van der Waals surface area contributed by atoms with Crippen molar-refractivity contribution in [3.05, 3.63) is 117 Å². The summed E-state index contributed by atoms with van der Waals surface area (Å²) in [7, 11) is 0. The van der Waals surface area contributed by atoms with E-state index in [9.17, 15) is 9.90 Å². The highest BCUT2D eigenvalue weighted by Crippen LogP contribution is 2.49. The van der Waals surface area contributed by atoms with Gasteiger partial charge in [-0.05, 0) is 129 Å². The second kappa shape index (κ2) is 14.1. The molecule has 2 aliphatic heterocycles. The van der Waals surface area contributed by atoms with Crippen LogP contribution < -0.4 is 0 Å². The van der Waals surface area contributed by atoms with E-state index in [4.69, 9.17) is 9.97 Å². The predicted molar refractivity (Wildman–Crippen MR) is 250 cm³/mol. The maximum atomic E-state index is 12.1. The van der Waals surface area contributed by atoms with E-state index in [1.54, 1.807) is 12.1 Å². The zero-order valence-electron chi connectivity index (χ0n) is 38.1. The van der Waals surface area contributed by atoms with Crippen LogP contribution in [0, 0.1) is 24.7 Å². The molecule has 0 aliphatic carbocycles. The smallest absolute Gasteiger partial charge is 0.335 e. The number of H-pyrrole nitrogens is 2. The summed E-state index contributed by atoms with van der Waals surface area (Å²) < 4.78 is 0. The molecule has 3 N–H and O–H groups in total. The van der Waals surface area contributed by atoms with E-state index in [2.05, 4.69) is 163 Å². The highest BCUT2D eigenvalue weighted by atomic mass is 16.4. The Labute approximate surface area is 351 Å². The van der Waals surface area contributed by atoms with Gasteiger partial charge < -0.3 is 15.1 Å². The molecule has 0 unspecified atom stereocenters. The number of carboxylic acid groups (broad SMARTS) is 1. The number of carbonyl (C=O) groups is 1. The van der Waals surface area contributed by atoms with Crippen molar-refractivity contribution in [3.8, 4) is 22.3 Å². The van der Waals surface area contributed by atoms with Crippen molar-refractivity contribution < 1.29 is 9.90 Å². The highest BCUT2D eigenvalue weighted by molar-refractivity contribution is 6.05. The Balaban J connectivity index is 1.85. The Kier molecular flexibility index (Phi) is 9.94. The second-order valence-corrected chi connectivity index (χ2v) is 20.8. The SMILES string of the molecule is CC1=C(C(C)(C)C)c2cc3[nH]c(c(C)c3C(C)(C)C)c(-c3ccccc3)c3nc(cc4[nH]c(c(C)c4C(C)(C)C)c(-c4ccc(C(=O)O)cc4)c1n2)C(C(C)(C)C)=C3C. The van der Waals surface area contributed by atoms with Gasteiger partial charge in [0, 0.05) is 22.2 Å². The summed E-state index contributed by atoms with van der Waals surface area (Å²) in [5.41, 5.74) is 20.6. The van der Waals surface area contributed by atoms with Gasteiger partial charge in [0.25, 0.3) is 0 Å². The molecule has 306 valence electrons. The molecule has 0 saturated carbocycles. The average molecular weight is 787 g/mol. The molecule has 0 radical (unpaired) electrons. The van der Waals surface area contributed by atoms with Crippen LogP contribution in [0.15, 0.2) is 66.7 Å². The number of nitrogens with one attached hydrogen (secondary N) is 2. The molecule has 59 heavy (non-hydrogen) atoms. The molecule has 0 atom stereocenters. The van der Waals surface area contributed by atoms with Gasteiger partial charge in [-0.15, -0.1) is 0 Å². The molecule has 0 spiro atoms. The van der Waals surface area contributed by atoms with E-state index in [0.29, 0.717) is 0 Å². The first kappa shape index (κ1) is 41.7. The van der Waals surface area contributed by atoms with E-state index >= 15 is 0 Å². The first-order valence-corrected chi connectivity index (χ1v) is 21.0. The summed E-state index contributed by atoms with van der Waals surface area (Å²) in [6.07, 6.45) is 0. The van der Waals surface area contributed by atoms with Gasteiger partial charge in [-0.3, -0.25) is 0 Å². The number of hydrogen-bond donors (Lipinski definition) is 3. The van der Waals surface area contributed by atoms with Gasteiger partial charge in [0.2, 0.25) is 0 Å². The van der Waals surface area contributed by atoms with Crippen molar-refractivity contribution in [2.45, 2.75) is 122 Å².